The zero-order valence-corrected chi connectivity index (χ0v) is 62.7. The zero-order valence-electron chi connectivity index (χ0n) is 62.7. The van der Waals surface area contributed by atoms with E-state index >= 15 is 0 Å². The summed E-state index contributed by atoms with van der Waals surface area (Å²) in [6, 6.07) is 146. The van der Waals surface area contributed by atoms with Gasteiger partial charge in [-0.05, 0) is 152 Å². The van der Waals surface area contributed by atoms with Crippen molar-refractivity contribution in [3.8, 4) is 113 Å². The predicted molar refractivity (Wildman–Crippen MR) is 478 cm³/mol. The third-order valence-electron chi connectivity index (χ3n) is 22.6. The topological polar surface area (TPSA) is 97.1 Å². The fraction of sp³-hybridized carbons (Fsp3) is 0. The van der Waals surface area contributed by atoms with Crippen molar-refractivity contribution in [3.63, 3.8) is 0 Å². The Morgan fingerprint density at radius 2 is 0.440 bits per heavy atom. The summed E-state index contributed by atoms with van der Waals surface area (Å²) in [6.45, 7) is 0. The summed E-state index contributed by atoms with van der Waals surface area (Å²) < 4.78 is 9.10. The average molecular weight is 1480 g/mol. The van der Waals surface area contributed by atoms with E-state index in [1.807, 2.05) is 121 Å². The molecule has 0 bridgehead atoms. The van der Waals surface area contributed by atoms with Gasteiger partial charge in [-0.1, -0.05) is 315 Å². The number of hydrogen-bond donors (Lipinski definition) is 0. The highest BCUT2D eigenvalue weighted by Crippen LogP contribution is 2.44. The van der Waals surface area contributed by atoms with E-state index in [2.05, 4.69) is 309 Å². The Morgan fingerprint density at radius 1 is 0.155 bits per heavy atom. The minimum atomic E-state index is 0.587. The van der Waals surface area contributed by atoms with Crippen molar-refractivity contribution in [2.45, 2.75) is 0 Å². The molecule has 6 aromatic heterocycles. The largest absolute Gasteiger partial charge is 0.309 e. The van der Waals surface area contributed by atoms with Gasteiger partial charge in [-0.25, -0.2) is 9.97 Å². The molecular weight excluding hydrogens is 1410 g/mol. The van der Waals surface area contributed by atoms with Crippen LogP contribution in [-0.2, 0) is 0 Å². The molecule has 0 aliphatic carbocycles. The Balaban J connectivity index is 0.000000141. The lowest BCUT2D eigenvalue weighted by Gasteiger charge is -2.11. The van der Waals surface area contributed by atoms with Crippen LogP contribution < -0.4 is 0 Å². The van der Waals surface area contributed by atoms with Gasteiger partial charge < -0.3 is 9.13 Å². The molecule has 0 saturated heterocycles. The lowest BCUT2D eigenvalue weighted by Crippen LogP contribution is -2.06. The van der Waals surface area contributed by atoms with Gasteiger partial charge in [0.2, 0.25) is 11.9 Å². The molecule has 0 aliphatic heterocycles. The summed E-state index contributed by atoms with van der Waals surface area (Å²) in [7, 11) is 0. The molecule has 0 fully saturated rings. The standard InChI is InChI=1S/C55H35N5.C51H33N5/c1-4-15-36(16-5-1)53-56-54(37-17-6-2-7-18-37)58-55(57-53)60-48-24-12-10-21-45(48)47-35-41(31-32-50(47)60)39-27-28-40-34-42(30-29-38(40)33-39)44-23-14-26-51-52(44)46-22-11-13-25-49(46)59(51)43-19-8-3-9-20-43;1-4-15-36(16-5-1)49-52-50(37-17-6-2-7-18-37)54-51(53-49)56-44-24-12-10-21-41(44)43-33-38(31-32-46(43)56)34-27-29-35(30-28-34)40-23-14-26-47-48(40)42-22-11-13-25-45(42)55(47)39-19-8-3-9-20-39/h1-35H;1-33H. The van der Waals surface area contributed by atoms with Crippen molar-refractivity contribution in [2.75, 3.05) is 0 Å². The van der Waals surface area contributed by atoms with Crippen molar-refractivity contribution in [1.29, 1.82) is 0 Å². The van der Waals surface area contributed by atoms with Crippen LogP contribution in [0.4, 0.5) is 0 Å². The second-order valence-electron chi connectivity index (χ2n) is 29.3. The maximum Gasteiger partial charge on any atom is 0.238 e. The van der Waals surface area contributed by atoms with Crippen molar-refractivity contribution in [3.05, 3.63) is 413 Å². The van der Waals surface area contributed by atoms with Crippen LogP contribution in [0.15, 0.2) is 413 Å². The first-order valence-corrected chi connectivity index (χ1v) is 39.2. The summed E-state index contributed by atoms with van der Waals surface area (Å²) in [4.78, 5) is 30.3. The maximum absolute atomic E-state index is 5.10. The molecule has 10 nitrogen and oxygen atoms in total. The quantitative estimate of drug-likeness (QED) is 0.121. The number of benzene rings is 17. The van der Waals surface area contributed by atoms with Gasteiger partial charge in [0.05, 0.1) is 44.1 Å². The SMILES string of the molecule is c1ccc(-c2nc(-c3ccccc3)nc(-n3c4ccccc4c4cc(-c5ccc(-c6cccc7c6c6ccccc6n7-c6ccccc6)cc5)ccc43)n2)cc1.c1ccc(-c2nc(-c3ccccc3)nc(-n3c4ccccc4c4cc(-c5ccc6cc(-c7cccc8c7c7ccccc7n8-c7ccccc7)ccc6c5)ccc43)n2)cc1. The molecule has 6 heterocycles. The second kappa shape index (κ2) is 28.2. The average Bonchev–Trinajstić information content (AvgIpc) is 1.61. The Bertz CT molecular complexity index is 7610. The molecule has 10 heteroatoms. The van der Waals surface area contributed by atoms with E-state index in [-0.39, 0.29) is 0 Å². The van der Waals surface area contributed by atoms with Crippen LogP contribution >= 0.6 is 0 Å². The van der Waals surface area contributed by atoms with Crippen molar-refractivity contribution in [1.82, 2.24) is 48.2 Å². The van der Waals surface area contributed by atoms with Crippen LogP contribution in [0.1, 0.15) is 0 Å². The summed E-state index contributed by atoms with van der Waals surface area (Å²) in [5, 5.41) is 12.0. The molecule has 0 atom stereocenters. The van der Waals surface area contributed by atoms with Gasteiger partial charge in [-0.15, -0.1) is 0 Å². The molecular formula is C106H68N10. The van der Waals surface area contributed by atoms with Gasteiger partial charge in [0.1, 0.15) is 0 Å². The molecule has 17 aromatic carbocycles. The molecule has 0 unspecified atom stereocenters. The fourth-order valence-corrected chi connectivity index (χ4v) is 17.2. The van der Waals surface area contributed by atoms with Crippen LogP contribution in [0.3, 0.4) is 0 Å². The molecule has 0 saturated carbocycles. The van der Waals surface area contributed by atoms with Gasteiger partial charge in [0, 0.05) is 76.7 Å². The molecule has 0 amide bonds. The Kier molecular flexibility index (Phi) is 16.3. The summed E-state index contributed by atoms with van der Waals surface area (Å²) in [5.41, 5.74) is 24.5. The third-order valence-corrected chi connectivity index (χ3v) is 22.6. The molecule has 0 aliphatic rings. The first-order valence-electron chi connectivity index (χ1n) is 39.2. The first kappa shape index (κ1) is 67.1. The van der Waals surface area contributed by atoms with Crippen molar-refractivity contribution in [2.24, 2.45) is 0 Å². The van der Waals surface area contributed by atoms with E-state index in [1.165, 1.54) is 82.2 Å². The number of fused-ring (bicyclic) bond motifs is 13. The monoisotopic (exact) mass is 1480 g/mol. The van der Waals surface area contributed by atoms with E-state index in [0.29, 0.717) is 35.2 Å². The van der Waals surface area contributed by atoms with Crippen LogP contribution in [0.5, 0.6) is 0 Å². The highest BCUT2D eigenvalue weighted by atomic mass is 15.2. The lowest BCUT2D eigenvalue weighted by molar-refractivity contribution is 0.953. The number of aromatic nitrogens is 10. The molecule has 23 rings (SSSR count). The van der Waals surface area contributed by atoms with E-state index in [1.54, 1.807) is 0 Å². The second-order valence-corrected chi connectivity index (χ2v) is 29.3. The van der Waals surface area contributed by atoms with Crippen molar-refractivity contribution >= 4 is 98.0 Å². The zero-order chi connectivity index (χ0) is 76.6. The normalized spacial score (nSPS) is 11.6. The van der Waals surface area contributed by atoms with Crippen LogP contribution in [0.2, 0.25) is 0 Å². The Hall–Kier alpha value is -15.8. The smallest absolute Gasteiger partial charge is 0.238 e. The van der Waals surface area contributed by atoms with Crippen molar-refractivity contribution < 1.29 is 0 Å². The third kappa shape index (κ3) is 11.7. The van der Waals surface area contributed by atoms with Gasteiger partial charge in [-0.3, -0.25) is 9.13 Å². The van der Waals surface area contributed by atoms with Gasteiger partial charge in [-0.2, -0.15) is 19.9 Å². The summed E-state index contributed by atoms with van der Waals surface area (Å²) in [6.07, 6.45) is 0. The first-order chi connectivity index (χ1) is 57.5. The van der Waals surface area contributed by atoms with E-state index < -0.39 is 0 Å². The highest BCUT2D eigenvalue weighted by Gasteiger charge is 2.24. The number of rotatable bonds is 12. The molecule has 0 spiro atoms. The highest BCUT2D eigenvalue weighted by molar-refractivity contribution is 6.18. The molecule has 0 radical (unpaired) electrons. The van der Waals surface area contributed by atoms with E-state index in [9.17, 15) is 0 Å². The van der Waals surface area contributed by atoms with Crippen LogP contribution in [0, 0.1) is 0 Å². The van der Waals surface area contributed by atoms with Gasteiger partial charge >= 0.3 is 0 Å². The van der Waals surface area contributed by atoms with E-state index in [4.69, 9.17) is 29.9 Å². The molecule has 0 N–H and O–H groups in total. The summed E-state index contributed by atoms with van der Waals surface area (Å²) >= 11 is 0. The number of para-hydroxylation sites is 6. The molecule has 542 valence electrons. The number of hydrogen-bond acceptors (Lipinski definition) is 6. The maximum atomic E-state index is 5.10. The fourth-order valence-electron chi connectivity index (χ4n) is 17.2. The van der Waals surface area contributed by atoms with E-state index in [0.717, 1.165) is 93.9 Å². The predicted octanol–water partition coefficient (Wildman–Crippen LogP) is 26.6. The van der Waals surface area contributed by atoms with Crippen LogP contribution in [-0.4, -0.2) is 48.2 Å². The summed E-state index contributed by atoms with van der Waals surface area (Å²) in [5.74, 6) is 3.72. The minimum Gasteiger partial charge on any atom is -0.309 e. The van der Waals surface area contributed by atoms with Crippen LogP contribution in [0.25, 0.3) is 211 Å². The Labute approximate surface area is 667 Å². The van der Waals surface area contributed by atoms with Gasteiger partial charge in [0.25, 0.3) is 0 Å². The van der Waals surface area contributed by atoms with Gasteiger partial charge in [0.15, 0.2) is 23.3 Å². The Morgan fingerprint density at radius 3 is 0.853 bits per heavy atom. The molecule has 116 heavy (non-hydrogen) atoms. The minimum absolute atomic E-state index is 0.587. The lowest BCUT2D eigenvalue weighted by atomic mass is 9.95. The molecule has 23 aromatic rings. The number of nitrogens with zero attached hydrogens (tertiary/aromatic N) is 10.